The van der Waals surface area contributed by atoms with Crippen LogP contribution in [-0.4, -0.2) is 11.5 Å². The SMILES string of the molecule is CCNCc1cc(C)nc(Oc2cc(C)ccc2C)c1. The molecule has 20 heavy (non-hydrogen) atoms. The smallest absolute Gasteiger partial charge is 0.219 e. The average molecular weight is 270 g/mol. The predicted molar refractivity (Wildman–Crippen MR) is 82.3 cm³/mol. The second-order valence-electron chi connectivity index (χ2n) is 5.11. The van der Waals surface area contributed by atoms with Gasteiger partial charge in [0.05, 0.1) is 0 Å². The number of aromatic nitrogens is 1. The number of ether oxygens (including phenoxy) is 1. The fourth-order valence-electron chi connectivity index (χ4n) is 2.06. The second-order valence-corrected chi connectivity index (χ2v) is 5.11. The van der Waals surface area contributed by atoms with Crippen LogP contribution in [-0.2, 0) is 6.54 Å². The molecule has 0 saturated carbocycles. The van der Waals surface area contributed by atoms with E-state index in [2.05, 4.69) is 42.3 Å². The number of pyridine rings is 1. The molecule has 3 nitrogen and oxygen atoms in total. The van der Waals surface area contributed by atoms with Gasteiger partial charge in [0.25, 0.3) is 0 Å². The van der Waals surface area contributed by atoms with Crippen LogP contribution in [0.15, 0.2) is 30.3 Å². The van der Waals surface area contributed by atoms with Crippen LogP contribution in [0.3, 0.4) is 0 Å². The van der Waals surface area contributed by atoms with Crippen molar-refractivity contribution >= 4 is 0 Å². The first-order chi connectivity index (χ1) is 9.58. The van der Waals surface area contributed by atoms with E-state index in [9.17, 15) is 0 Å². The highest BCUT2D eigenvalue weighted by atomic mass is 16.5. The monoisotopic (exact) mass is 270 g/mol. The van der Waals surface area contributed by atoms with Crippen LogP contribution < -0.4 is 10.1 Å². The number of nitrogens with one attached hydrogen (secondary N) is 1. The van der Waals surface area contributed by atoms with Gasteiger partial charge in [-0.15, -0.1) is 0 Å². The summed E-state index contributed by atoms with van der Waals surface area (Å²) < 4.78 is 5.95. The minimum atomic E-state index is 0.659. The molecule has 2 aromatic rings. The predicted octanol–water partition coefficient (Wildman–Crippen LogP) is 3.91. The molecule has 1 aromatic carbocycles. The van der Waals surface area contributed by atoms with E-state index in [1.54, 1.807) is 0 Å². The lowest BCUT2D eigenvalue weighted by molar-refractivity contribution is 0.456. The number of aryl methyl sites for hydroxylation is 3. The Balaban J connectivity index is 2.24. The summed E-state index contributed by atoms with van der Waals surface area (Å²) in [7, 11) is 0. The maximum atomic E-state index is 5.95. The van der Waals surface area contributed by atoms with Crippen molar-refractivity contribution in [1.29, 1.82) is 0 Å². The van der Waals surface area contributed by atoms with E-state index >= 15 is 0 Å². The van der Waals surface area contributed by atoms with Gasteiger partial charge in [-0.3, -0.25) is 0 Å². The van der Waals surface area contributed by atoms with Gasteiger partial charge >= 0.3 is 0 Å². The van der Waals surface area contributed by atoms with E-state index in [0.29, 0.717) is 5.88 Å². The molecule has 2 rings (SSSR count). The Kier molecular flexibility index (Phi) is 4.74. The third-order valence-electron chi connectivity index (χ3n) is 3.13. The van der Waals surface area contributed by atoms with Crippen molar-refractivity contribution in [3.8, 4) is 11.6 Å². The van der Waals surface area contributed by atoms with Crippen molar-refractivity contribution in [2.45, 2.75) is 34.2 Å². The van der Waals surface area contributed by atoms with Crippen LogP contribution in [0.5, 0.6) is 11.6 Å². The number of hydrogen-bond acceptors (Lipinski definition) is 3. The molecule has 0 aliphatic carbocycles. The summed E-state index contributed by atoms with van der Waals surface area (Å²) >= 11 is 0. The van der Waals surface area contributed by atoms with E-state index in [0.717, 1.165) is 30.1 Å². The summed E-state index contributed by atoms with van der Waals surface area (Å²) in [6, 6.07) is 10.3. The minimum absolute atomic E-state index is 0.659. The first-order valence-corrected chi connectivity index (χ1v) is 7.02. The second kappa shape index (κ2) is 6.53. The molecule has 0 aliphatic heterocycles. The zero-order valence-electron chi connectivity index (χ0n) is 12.7. The fraction of sp³-hybridized carbons (Fsp3) is 0.353. The Labute approximate surface area is 121 Å². The maximum absolute atomic E-state index is 5.95. The Hall–Kier alpha value is -1.87. The zero-order chi connectivity index (χ0) is 14.5. The van der Waals surface area contributed by atoms with Crippen molar-refractivity contribution in [2.75, 3.05) is 6.54 Å². The number of rotatable bonds is 5. The van der Waals surface area contributed by atoms with Gasteiger partial charge in [-0.2, -0.15) is 0 Å². The maximum Gasteiger partial charge on any atom is 0.219 e. The Morgan fingerprint density at radius 2 is 1.90 bits per heavy atom. The molecule has 3 heteroatoms. The number of hydrogen-bond donors (Lipinski definition) is 1. The molecule has 0 spiro atoms. The average Bonchev–Trinajstić information content (AvgIpc) is 2.40. The fourth-order valence-corrected chi connectivity index (χ4v) is 2.06. The van der Waals surface area contributed by atoms with Crippen LogP contribution in [0, 0.1) is 20.8 Å². The summed E-state index contributed by atoms with van der Waals surface area (Å²) in [4.78, 5) is 4.46. The summed E-state index contributed by atoms with van der Waals surface area (Å²) in [6.07, 6.45) is 0. The molecule has 106 valence electrons. The van der Waals surface area contributed by atoms with Crippen LogP contribution in [0.4, 0.5) is 0 Å². The van der Waals surface area contributed by atoms with Gasteiger partial charge in [-0.25, -0.2) is 4.98 Å². The molecule has 0 bridgehead atoms. The topological polar surface area (TPSA) is 34.2 Å². The molecule has 0 saturated heterocycles. The lowest BCUT2D eigenvalue weighted by atomic mass is 10.1. The third-order valence-corrected chi connectivity index (χ3v) is 3.13. The van der Waals surface area contributed by atoms with Gasteiger partial charge < -0.3 is 10.1 Å². The molecule has 0 unspecified atom stereocenters. The van der Waals surface area contributed by atoms with E-state index in [1.165, 1.54) is 11.1 Å². The first kappa shape index (κ1) is 14.5. The van der Waals surface area contributed by atoms with Crippen molar-refractivity contribution in [2.24, 2.45) is 0 Å². The lowest BCUT2D eigenvalue weighted by Gasteiger charge is -2.11. The molecule has 1 aromatic heterocycles. The largest absolute Gasteiger partial charge is 0.439 e. The number of benzene rings is 1. The van der Waals surface area contributed by atoms with E-state index in [4.69, 9.17) is 4.74 Å². The van der Waals surface area contributed by atoms with Gasteiger partial charge in [0, 0.05) is 18.3 Å². The van der Waals surface area contributed by atoms with Crippen molar-refractivity contribution < 1.29 is 4.74 Å². The first-order valence-electron chi connectivity index (χ1n) is 7.02. The Bertz CT molecular complexity index is 594. The van der Waals surface area contributed by atoms with Gasteiger partial charge in [0.2, 0.25) is 5.88 Å². The molecule has 1 heterocycles. The Morgan fingerprint density at radius 1 is 1.10 bits per heavy atom. The summed E-state index contributed by atoms with van der Waals surface area (Å²) in [6.45, 7) is 9.99. The van der Waals surface area contributed by atoms with Crippen LogP contribution in [0.2, 0.25) is 0 Å². The molecule has 1 N–H and O–H groups in total. The van der Waals surface area contributed by atoms with Crippen molar-refractivity contribution in [1.82, 2.24) is 10.3 Å². The molecule has 0 fully saturated rings. The zero-order valence-corrected chi connectivity index (χ0v) is 12.7. The molecule has 0 aliphatic rings. The van der Waals surface area contributed by atoms with Crippen LogP contribution in [0.25, 0.3) is 0 Å². The van der Waals surface area contributed by atoms with Crippen molar-refractivity contribution in [3.63, 3.8) is 0 Å². The molecular weight excluding hydrogens is 248 g/mol. The quantitative estimate of drug-likeness (QED) is 0.894. The summed E-state index contributed by atoms with van der Waals surface area (Å²) in [5, 5.41) is 3.32. The highest BCUT2D eigenvalue weighted by Gasteiger charge is 2.05. The lowest BCUT2D eigenvalue weighted by Crippen LogP contribution is -2.12. The normalized spacial score (nSPS) is 10.6. The minimum Gasteiger partial charge on any atom is -0.439 e. The Morgan fingerprint density at radius 3 is 2.65 bits per heavy atom. The van der Waals surface area contributed by atoms with Crippen molar-refractivity contribution in [3.05, 3.63) is 52.7 Å². The van der Waals surface area contributed by atoms with Gasteiger partial charge in [-0.1, -0.05) is 19.1 Å². The third kappa shape index (κ3) is 3.81. The summed E-state index contributed by atoms with van der Waals surface area (Å²) in [5.74, 6) is 1.53. The van der Waals surface area contributed by atoms with Crippen LogP contribution >= 0.6 is 0 Å². The number of nitrogens with zero attached hydrogens (tertiary/aromatic N) is 1. The molecule has 0 atom stereocenters. The highest BCUT2D eigenvalue weighted by molar-refractivity contribution is 5.39. The van der Waals surface area contributed by atoms with E-state index in [-0.39, 0.29) is 0 Å². The van der Waals surface area contributed by atoms with E-state index in [1.807, 2.05) is 26.0 Å². The van der Waals surface area contributed by atoms with Gasteiger partial charge in [-0.05, 0) is 56.1 Å². The highest BCUT2D eigenvalue weighted by Crippen LogP contribution is 2.25. The van der Waals surface area contributed by atoms with E-state index < -0.39 is 0 Å². The molecule has 0 amide bonds. The molecular formula is C17H22N2O. The standard InChI is InChI=1S/C17H22N2O/c1-5-18-11-15-9-14(4)19-17(10-15)20-16-8-12(2)6-7-13(16)3/h6-10,18H,5,11H2,1-4H3. The van der Waals surface area contributed by atoms with Gasteiger partial charge in [0.1, 0.15) is 5.75 Å². The van der Waals surface area contributed by atoms with Crippen LogP contribution in [0.1, 0.15) is 29.3 Å². The molecule has 0 radical (unpaired) electrons. The van der Waals surface area contributed by atoms with Gasteiger partial charge in [0.15, 0.2) is 0 Å². The summed E-state index contributed by atoms with van der Waals surface area (Å²) in [5.41, 5.74) is 4.47.